The molecule has 0 aliphatic carbocycles. The van der Waals surface area contributed by atoms with E-state index >= 15 is 0 Å². The molecule has 0 heterocycles. The Morgan fingerprint density at radius 2 is 1.74 bits per heavy atom. The van der Waals surface area contributed by atoms with Crippen LogP contribution in [-0.4, -0.2) is 44.1 Å². The van der Waals surface area contributed by atoms with Crippen molar-refractivity contribution in [3.63, 3.8) is 0 Å². The first kappa shape index (κ1) is 21.2. The van der Waals surface area contributed by atoms with Crippen LogP contribution in [0.4, 0.5) is 0 Å². The summed E-state index contributed by atoms with van der Waals surface area (Å²) >= 11 is 0. The largest absolute Gasteiger partial charge is 0.497 e. The van der Waals surface area contributed by atoms with Gasteiger partial charge in [-0.3, -0.25) is 0 Å². The van der Waals surface area contributed by atoms with E-state index in [0.29, 0.717) is 12.0 Å². The third kappa shape index (κ3) is 5.42. The van der Waals surface area contributed by atoms with Crippen LogP contribution < -0.4 is 4.74 Å². The maximum absolute atomic E-state index is 13.2. The summed E-state index contributed by atoms with van der Waals surface area (Å²) in [5.74, 6) is 0.727. The molecular weight excluding hydrogens is 362 g/mol. The quantitative estimate of drug-likeness (QED) is 0.669. The summed E-state index contributed by atoms with van der Waals surface area (Å²) in [6.45, 7) is 7.40. The third-order valence-corrected chi connectivity index (χ3v) is 6.21. The summed E-state index contributed by atoms with van der Waals surface area (Å²) in [6.07, 6.45) is 0.388. The molecule has 2 aromatic carbocycles. The molecule has 0 amide bonds. The van der Waals surface area contributed by atoms with Crippen molar-refractivity contribution in [1.82, 2.24) is 4.31 Å². The number of aliphatic hydroxyl groups excluding tert-OH is 1. The number of aryl methyl sites for hydroxylation is 1. The summed E-state index contributed by atoms with van der Waals surface area (Å²) in [5, 5.41) is 9.97. The standard InChI is InChI=1S/C21H27NO4S/c1-16(2)14-22(27(24,25)21-11-5-17(3)6-12-21)19(15-23)13-18-7-9-20(26-4)10-8-18/h5-12,19,23H,1,13-15H2,2-4H3/t19-/m1/s1. The van der Waals surface area contributed by atoms with E-state index in [1.54, 1.807) is 38.3 Å². The molecule has 27 heavy (non-hydrogen) atoms. The van der Waals surface area contributed by atoms with Crippen LogP contribution in [0.15, 0.2) is 65.6 Å². The first-order chi connectivity index (χ1) is 12.8. The molecule has 0 saturated heterocycles. The van der Waals surface area contributed by atoms with E-state index in [1.165, 1.54) is 4.31 Å². The first-order valence-corrected chi connectivity index (χ1v) is 10.2. The van der Waals surface area contributed by atoms with E-state index in [0.717, 1.165) is 16.9 Å². The van der Waals surface area contributed by atoms with E-state index in [9.17, 15) is 13.5 Å². The van der Waals surface area contributed by atoms with Crippen molar-refractivity contribution >= 4 is 10.0 Å². The number of sulfonamides is 1. The van der Waals surface area contributed by atoms with E-state index < -0.39 is 16.1 Å². The normalized spacial score (nSPS) is 12.8. The lowest BCUT2D eigenvalue weighted by molar-refractivity contribution is 0.192. The van der Waals surface area contributed by atoms with Crippen LogP contribution >= 0.6 is 0 Å². The third-order valence-electron chi connectivity index (χ3n) is 4.30. The van der Waals surface area contributed by atoms with Crippen LogP contribution in [-0.2, 0) is 16.4 Å². The Balaban J connectivity index is 2.36. The van der Waals surface area contributed by atoms with Gasteiger partial charge in [0, 0.05) is 6.54 Å². The van der Waals surface area contributed by atoms with Crippen molar-refractivity contribution in [2.24, 2.45) is 0 Å². The molecule has 2 aromatic rings. The number of methoxy groups -OCH3 is 1. The zero-order chi connectivity index (χ0) is 20.0. The smallest absolute Gasteiger partial charge is 0.243 e. The van der Waals surface area contributed by atoms with Gasteiger partial charge in [-0.1, -0.05) is 42.0 Å². The predicted octanol–water partition coefficient (Wildman–Crippen LogP) is 3.17. The summed E-state index contributed by atoms with van der Waals surface area (Å²) < 4.78 is 32.9. The van der Waals surface area contributed by atoms with Gasteiger partial charge in [0.2, 0.25) is 10.0 Å². The number of ether oxygens (including phenoxy) is 1. The fourth-order valence-corrected chi connectivity index (χ4v) is 4.49. The molecule has 146 valence electrons. The van der Waals surface area contributed by atoms with E-state index in [1.807, 2.05) is 31.2 Å². The van der Waals surface area contributed by atoms with Crippen molar-refractivity contribution in [3.8, 4) is 5.75 Å². The van der Waals surface area contributed by atoms with Crippen molar-refractivity contribution in [3.05, 3.63) is 71.8 Å². The van der Waals surface area contributed by atoms with E-state index in [4.69, 9.17) is 4.74 Å². The molecule has 5 nitrogen and oxygen atoms in total. The van der Waals surface area contributed by atoms with Gasteiger partial charge < -0.3 is 9.84 Å². The highest BCUT2D eigenvalue weighted by Crippen LogP contribution is 2.23. The monoisotopic (exact) mass is 389 g/mol. The highest BCUT2D eigenvalue weighted by Gasteiger charge is 2.31. The molecule has 2 rings (SSSR count). The van der Waals surface area contributed by atoms with Crippen LogP contribution in [0.25, 0.3) is 0 Å². The number of benzene rings is 2. The molecule has 0 spiro atoms. The Morgan fingerprint density at radius 1 is 1.15 bits per heavy atom. The molecule has 0 fully saturated rings. The minimum Gasteiger partial charge on any atom is -0.497 e. The van der Waals surface area contributed by atoms with Gasteiger partial charge in [0.05, 0.1) is 24.7 Å². The van der Waals surface area contributed by atoms with Gasteiger partial charge in [0.1, 0.15) is 5.75 Å². The maximum Gasteiger partial charge on any atom is 0.243 e. The maximum atomic E-state index is 13.2. The zero-order valence-corrected chi connectivity index (χ0v) is 16.9. The average molecular weight is 390 g/mol. The second kappa shape index (κ2) is 9.17. The van der Waals surface area contributed by atoms with Crippen molar-refractivity contribution < 1.29 is 18.3 Å². The fraction of sp³-hybridized carbons (Fsp3) is 0.333. The molecule has 0 unspecified atom stereocenters. The first-order valence-electron chi connectivity index (χ1n) is 8.74. The van der Waals surface area contributed by atoms with Gasteiger partial charge in [0.25, 0.3) is 0 Å². The van der Waals surface area contributed by atoms with E-state index in [2.05, 4.69) is 6.58 Å². The molecule has 6 heteroatoms. The Morgan fingerprint density at radius 3 is 2.22 bits per heavy atom. The summed E-state index contributed by atoms with van der Waals surface area (Å²) in [7, 11) is -2.18. The van der Waals surface area contributed by atoms with Gasteiger partial charge >= 0.3 is 0 Å². The molecule has 1 N–H and O–H groups in total. The molecule has 0 aliphatic rings. The Hall–Kier alpha value is -2.15. The lowest BCUT2D eigenvalue weighted by atomic mass is 10.1. The minimum absolute atomic E-state index is 0.150. The molecule has 0 saturated carbocycles. The van der Waals surface area contributed by atoms with Crippen LogP contribution in [0.1, 0.15) is 18.1 Å². The van der Waals surface area contributed by atoms with Gasteiger partial charge in [-0.2, -0.15) is 4.31 Å². The van der Waals surface area contributed by atoms with Crippen molar-refractivity contribution in [2.45, 2.75) is 31.2 Å². The number of nitrogens with zero attached hydrogens (tertiary/aromatic N) is 1. The van der Waals surface area contributed by atoms with Gasteiger partial charge in [-0.05, 0) is 50.1 Å². The topological polar surface area (TPSA) is 66.8 Å². The van der Waals surface area contributed by atoms with Crippen molar-refractivity contribution in [1.29, 1.82) is 0 Å². The zero-order valence-electron chi connectivity index (χ0n) is 16.1. The number of hydrogen-bond donors (Lipinski definition) is 1. The summed E-state index contributed by atoms with van der Waals surface area (Å²) in [5.41, 5.74) is 2.61. The lowest BCUT2D eigenvalue weighted by Gasteiger charge is -2.30. The number of hydrogen-bond acceptors (Lipinski definition) is 4. The second-order valence-corrected chi connectivity index (χ2v) is 8.60. The van der Waals surface area contributed by atoms with Crippen LogP contribution in [0.5, 0.6) is 5.75 Å². The average Bonchev–Trinajstić information content (AvgIpc) is 2.65. The molecule has 0 aliphatic heterocycles. The molecule has 0 aromatic heterocycles. The van der Waals surface area contributed by atoms with Gasteiger partial charge in [-0.15, -0.1) is 0 Å². The highest BCUT2D eigenvalue weighted by atomic mass is 32.2. The minimum atomic E-state index is -3.77. The van der Waals surface area contributed by atoms with E-state index in [-0.39, 0.29) is 18.0 Å². The predicted molar refractivity (Wildman–Crippen MR) is 107 cm³/mol. The highest BCUT2D eigenvalue weighted by molar-refractivity contribution is 7.89. The number of aliphatic hydroxyl groups is 1. The Bertz CT molecular complexity index is 858. The Labute approximate surface area is 162 Å². The SMILES string of the molecule is C=C(C)CN([C@@H](CO)Cc1ccc(OC)cc1)S(=O)(=O)c1ccc(C)cc1. The fourth-order valence-electron chi connectivity index (χ4n) is 2.81. The Kier molecular flexibility index (Phi) is 7.18. The van der Waals surface area contributed by atoms with Crippen molar-refractivity contribution in [2.75, 3.05) is 20.3 Å². The molecule has 1 atom stereocenters. The van der Waals surface area contributed by atoms with Gasteiger partial charge in [0.15, 0.2) is 0 Å². The molecular formula is C21H27NO4S. The second-order valence-electron chi connectivity index (χ2n) is 6.71. The summed E-state index contributed by atoms with van der Waals surface area (Å²) in [4.78, 5) is 0.211. The molecule has 0 radical (unpaired) electrons. The lowest BCUT2D eigenvalue weighted by Crippen LogP contribution is -2.44. The van der Waals surface area contributed by atoms with Crippen LogP contribution in [0, 0.1) is 6.92 Å². The van der Waals surface area contributed by atoms with Crippen LogP contribution in [0.3, 0.4) is 0 Å². The molecule has 0 bridgehead atoms. The number of rotatable bonds is 9. The van der Waals surface area contributed by atoms with Crippen LogP contribution in [0.2, 0.25) is 0 Å². The summed E-state index contributed by atoms with van der Waals surface area (Å²) in [6, 6.07) is 13.5. The van der Waals surface area contributed by atoms with Gasteiger partial charge in [-0.25, -0.2) is 8.42 Å².